The summed E-state index contributed by atoms with van der Waals surface area (Å²) in [6, 6.07) is 0. The van der Waals surface area contributed by atoms with Crippen LogP contribution >= 0.6 is 0 Å². The molecule has 0 aromatic heterocycles. The van der Waals surface area contributed by atoms with Crippen LogP contribution in [0, 0.1) is 5.41 Å². The highest BCUT2D eigenvalue weighted by Crippen LogP contribution is 2.42. The second kappa shape index (κ2) is 4.01. The zero-order valence-corrected chi connectivity index (χ0v) is 9.41. The molecular weight excluding hydrogens is 194 g/mol. The summed E-state index contributed by atoms with van der Waals surface area (Å²) in [5, 5.41) is 18.6. The first-order chi connectivity index (χ1) is 7.14. The maximum absolute atomic E-state index is 9.28. The van der Waals surface area contributed by atoms with Crippen molar-refractivity contribution in [1.29, 1.82) is 0 Å². The minimum atomic E-state index is -0.441. The predicted molar refractivity (Wildman–Crippen MR) is 56.6 cm³/mol. The molecule has 2 rings (SSSR count). The van der Waals surface area contributed by atoms with E-state index < -0.39 is 5.54 Å². The summed E-state index contributed by atoms with van der Waals surface area (Å²) in [6.07, 6.45) is 2.24. The quantitative estimate of drug-likeness (QED) is 0.687. The number of likely N-dealkylation sites (tertiary alicyclic amines) is 1. The number of aliphatic hydroxyl groups is 2. The van der Waals surface area contributed by atoms with Gasteiger partial charge in [0.1, 0.15) is 0 Å². The van der Waals surface area contributed by atoms with E-state index in [9.17, 15) is 10.2 Å². The molecule has 2 saturated heterocycles. The molecule has 0 aromatic carbocycles. The average Bonchev–Trinajstić information content (AvgIpc) is 2.26. The van der Waals surface area contributed by atoms with Gasteiger partial charge in [0.15, 0.2) is 0 Å². The van der Waals surface area contributed by atoms with Crippen LogP contribution in [0.1, 0.15) is 19.8 Å². The summed E-state index contributed by atoms with van der Waals surface area (Å²) in [4.78, 5) is 2.19. The van der Waals surface area contributed by atoms with Crippen molar-refractivity contribution >= 4 is 0 Å². The van der Waals surface area contributed by atoms with Crippen LogP contribution in [0.3, 0.4) is 0 Å². The largest absolute Gasteiger partial charge is 0.394 e. The van der Waals surface area contributed by atoms with Crippen LogP contribution < -0.4 is 0 Å². The van der Waals surface area contributed by atoms with Crippen molar-refractivity contribution in [2.75, 3.05) is 39.5 Å². The highest BCUT2D eigenvalue weighted by atomic mass is 16.5. The lowest BCUT2D eigenvalue weighted by atomic mass is 9.71. The van der Waals surface area contributed by atoms with Crippen molar-refractivity contribution in [1.82, 2.24) is 4.90 Å². The molecule has 2 heterocycles. The fraction of sp³-hybridized carbons (Fsp3) is 1.00. The van der Waals surface area contributed by atoms with Crippen molar-refractivity contribution in [3.8, 4) is 0 Å². The first-order valence-electron chi connectivity index (χ1n) is 5.69. The van der Waals surface area contributed by atoms with Gasteiger partial charge in [0.25, 0.3) is 0 Å². The normalized spacial score (nSPS) is 26.6. The summed E-state index contributed by atoms with van der Waals surface area (Å²) in [5.41, 5.74) is -0.0343. The third-order valence-electron chi connectivity index (χ3n) is 4.05. The second-order valence-electron chi connectivity index (χ2n) is 5.28. The number of hydrogen-bond acceptors (Lipinski definition) is 4. The fourth-order valence-corrected chi connectivity index (χ4v) is 2.52. The summed E-state index contributed by atoms with van der Waals surface area (Å²) >= 11 is 0. The molecule has 2 fully saturated rings. The van der Waals surface area contributed by atoms with Gasteiger partial charge in [0.2, 0.25) is 0 Å². The molecule has 0 amide bonds. The Balaban J connectivity index is 1.91. The smallest absolute Gasteiger partial charge is 0.0644 e. The SMILES string of the molecule is CC(CO)(CO)N1CC2(CCOCC2)C1. The number of rotatable bonds is 3. The van der Waals surface area contributed by atoms with Gasteiger partial charge < -0.3 is 14.9 Å². The summed E-state index contributed by atoms with van der Waals surface area (Å²) in [5.74, 6) is 0. The molecular formula is C11H21NO3. The van der Waals surface area contributed by atoms with E-state index in [0.29, 0.717) is 5.41 Å². The molecule has 1 spiro atoms. The molecule has 0 saturated carbocycles. The lowest BCUT2D eigenvalue weighted by Crippen LogP contribution is -2.67. The summed E-state index contributed by atoms with van der Waals surface area (Å²) in [7, 11) is 0. The van der Waals surface area contributed by atoms with E-state index in [1.807, 2.05) is 6.92 Å². The van der Waals surface area contributed by atoms with Gasteiger partial charge in [0.05, 0.1) is 18.8 Å². The molecule has 2 aliphatic rings. The van der Waals surface area contributed by atoms with Gasteiger partial charge in [-0.1, -0.05) is 0 Å². The van der Waals surface area contributed by atoms with E-state index in [4.69, 9.17) is 4.74 Å². The van der Waals surface area contributed by atoms with Crippen molar-refractivity contribution < 1.29 is 14.9 Å². The molecule has 2 N–H and O–H groups in total. The van der Waals surface area contributed by atoms with Crippen molar-refractivity contribution in [2.45, 2.75) is 25.3 Å². The van der Waals surface area contributed by atoms with Crippen molar-refractivity contribution in [3.63, 3.8) is 0 Å². The van der Waals surface area contributed by atoms with E-state index in [-0.39, 0.29) is 13.2 Å². The maximum Gasteiger partial charge on any atom is 0.0644 e. The Hall–Kier alpha value is -0.160. The van der Waals surface area contributed by atoms with Gasteiger partial charge in [-0.25, -0.2) is 0 Å². The summed E-state index contributed by atoms with van der Waals surface area (Å²) in [6.45, 7) is 5.68. The Kier molecular flexibility index (Phi) is 3.03. The first-order valence-corrected chi connectivity index (χ1v) is 5.69. The van der Waals surface area contributed by atoms with Gasteiger partial charge in [-0.15, -0.1) is 0 Å². The standard InChI is InChI=1S/C11H21NO3/c1-10(8-13,9-14)12-6-11(7-12)2-4-15-5-3-11/h13-14H,2-9H2,1H3. The Morgan fingerprint density at radius 2 is 1.73 bits per heavy atom. The zero-order valence-electron chi connectivity index (χ0n) is 9.41. The maximum atomic E-state index is 9.28. The fourth-order valence-electron chi connectivity index (χ4n) is 2.52. The van der Waals surface area contributed by atoms with E-state index in [2.05, 4.69) is 4.90 Å². The lowest BCUT2D eigenvalue weighted by Gasteiger charge is -2.58. The Morgan fingerprint density at radius 3 is 2.20 bits per heavy atom. The zero-order chi connectivity index (χ0) is 10.9. The van der Waals surface area contributed by atoms with E-state index >= 15 is 0 Å². The second-order valence-corrected chi connectivity index (χ2v) is 5.28. The van der Waals surface area contributed by atoms with Crippen LogP contribution in [-0.2, 0) is 4.74 Å². The minimum absolute atomic E-state index is 0.0239. The van der Waals surface area contributed by atoms with Crippen molar-refractivity contribution in [3.05, 3.63) is 0 Å². The Labute approximate surface area is 90.8 Å². The molecule has 15 heavy (non-hydrogen) atoms. The molecule has 4 nitrogen and oxygen atoms in total. The van der Waals surface area contributed by atoms with Crippen LogP contribution in [0.4, 0.5) is 0 Å². The van der Waals surface area contributed by atoms with Gasteiger partial charge >= 0.3 is 0 Å². The van der Waals surface area contributed by atoms with Crippen LogP contribution in [0.15, 0.2) is 0 Å². The van der Waals surface area contributed by atoms with Crippen LogP contribution in [0.25, 0.3) is 0 Å². The molecule has 4 heteroatoms. The van der Waals surface area contributed by atoms with Crippen LogP contribution in [-0.4, -0.2) is 60.2 Å². The lowest BCUT2D eigenvalue weighted by molar-refractivity contribution is -0.142. The average molecular weight is 215 g/mol. The van der Waals surface area contributed by atoms with Gasteiger partial charge in [-0.05, 0) is 19.8 Å². The minimum Gasteiger partial charge on any atom is -0.394 e. The highest BCUT2D eigenvalue weighted by molar-refractivity contribution is 5.02. The third kappa shape index (κ3) is 1.91. The molecule has 88 valence electrons. The Morgan fingerprint density at radius 1 is 1.20 bits per heavy atom. The third-order valence-corrected chi connectivity index (χ3v) is 4.05. The molecule has 0 unspecified atom stereocenters. The molecule has 0 aromatic rings. The first kappa shape index (κ1) is 11.3. The number of nitrogens with zero attached hydrogens (tertiary/aromatic N) is 1. The van der Waals surface area contributed by atoms with Gasteiger partial charge in [0, 0.05) is 31.7 Å². The molecule has 0 aliphatic carbocycles. The summed E-state index contributed by atoms with van der Waals surface area (Å²) < 4.78 is 5.36. The Bertz CT molecular complexity index is 214. The molecule has 0 radical (unpaired) electrons. The van der Waals surface area contributed by atoms with E-state index in [1.165, 1.54) is 0 Å². The van der Waals surface area contributed by atoms with E-state index in [0.717, 1.165) is 39.1 Å². The van der Waals surface area contributed by atoms with Crippen molar-refractivity contribution in [2.24, 2.45) is 5.41 Å². The topological polar surface area (TPSA) is 52.9 Å². The monoisotopic (exact) mass is 215 g/mol. The van der Waals surface area contributed by atoms with Crippen LogP contribution in [0.2, 0.25) is 0 Å². The predicted octanol–water partition coefficient (Wildman–Crippen LogP) is -0.158. The number of hydrogen-bond donors (Lipinski definition) is 2. The number of ether oxygens (including phenoxy) is 1. The molecule has 0 bridgehead atoms. The molecule has 0 atom stereocenters. The van der Waals surface area contributed by atoms with Crippen LogP contribution in [0.5, 0.6) is 0 Å². The van der Waals surface area contributed by atoms with Gasteiger partial charge in [-0.2, -0.15) is 0 Å². The highest BCUT2D eigenvalue weighted by Gasteiger charge is 2.49. The number of aliphatic hydroxyl groups excluding tert-OH is 2. The van der Waals surface area contributed by atoms with E-state index in [1.54, 1.807) is 0 Å². The van der Waals surface area contributed by atoms with Gasteiger partial charge in [-0.3, -0.25) is 4.90 Å². The molecule has 2 aliphatic heterocycles.